The summed E-state index contributed by atoms with van der Waals surface area (Å²) in [5.41, 5.74) is 3.56. The first-order valence-electron chi connectivity index (χ1n) is 6.12. The van der Waals surface area contributed by atoms with Gasteiger partial charge in [0.05, 0.1) is 0 Å². The molecule has 0 atom stereocenters. The first kappa shape index (κ1) is 11.9. The number of imidazole rings is 1. The number of aromatic nitrogens is 2. The number of H-pyrrole nitrogens is 1. The highest BCUT2D eigenvalue weighted by atomic mass is 15.0. The smallest absolute Gasteiger partial charge is 0.137 e. The number of nitrogens with zero attached hydrogens (tertiary/aromatic N) is 1. The largest absolute Gasteiger partial charge is 0.341 e. The monoisotopic (exact) mass is 229 g/mol. The van der Waals surface area contributed by atoms with E-state index in [-0.39, 0.29) is 0 Å². The van der Waals surface area contributed by atoms with Crippen LogP contribution in [0.2, 0.25) is 0 Å². The Morgan fingerprint density at radius 1 is 1.29 bits per heavy atom. The highest BCUT2D eigenvalue weighted by molar-refractivity contribution is 5.59. The fraction of sp³-hybridized carbons (Fsp3) is 0.357. The minimum Gasteiger partial charge on any atom is -0.341 e. The summed E-state index contributed by atoms with van der Waals surface area (Å²) in [5.74, 6) is 0.955. The summed E-state index contributed by atoms with van der Waals surface area (Å²) in [6, 6.07) is 8.29. The lowest BCUT2D eigenvalue weighted by molar-refractivity contribution is 0.667. The average molecular weight is 229 g/mol. The van der Waals surface area contributed by atoms with Crippen LogP contribution in [0.1, 0.15) is 24.6 Å². The van der Waals surface area contributed by atoms with E-state index in [4.69, 9.17) is 0 Å². The van der Waals surface area contributed by atoms with Crippen molar-refractivity contribution in [1.29, 1.82) is 0 Å². The van der Waals surface area contributed by atoms with E-state index in [1.165, 1.54) is 11.1 Å². The second-order valence-corrected chi connectivity index (χ2v) is 4.25. The molecule has 3 heteroatoms. The van der Waals surface area contributed by atoms with E-state index >= 15 is 0 Å². The lowest BCUT2D eigenvalue weighted by Gasteiger charge is -2.02. The number of hydrogen-bond donors (Lipinski definition) is 2. The summed E-state index contributed by atoms with van der Waals surface area (Å²) in [7, 11) is 0. The van der Waals surface area contributed by atoms with Gasteiger partial charge in [0.1, 0.15) is 5.82 Å². The van der Waals surface area contributed by atoms with Gasteiger partial charge in [-0.15, -0.1) is 0 Å². The van der Waals surface area contributed by atoms with E-state index in [9.17, 15) is 0 Å². The normalized spacial score (nSPS) is 10.7. The fourth-order valence-corrected chi connectivity index (χ4v) is 1.82. The molecule has 17 heavy (non-hydrogen) atoms. The fourth-order valence-electron chi connectivity index (χ4n) is 1.82. The van der Waals surface area contributed by atoms with Gasteiger partial charge in [-0.3, -0.25) is 0 Å². The molecule has 1 heterocycles. The summed E-state index contributed by atoms with van der Waals surface area (Å²) in [6.07, 6.45) is 3.06. The van der Waals surface area contributed by atoms with Gasteiger partial charge in [-0.05, 0) is 25.5 Å². The van der Waals surface area contributed by atoms with Crippen LogP contribution in [0.4, 0.5) is 0 Å². The van der Waals surface area contributed by atoms with Crippen molar-refractivity contribution >= 4 is 0 Å². The standard InChI is InChI=1S/C14H19N3/c1-3-8-15-9-12-10-16-14(17-12)13-7-5-4-6-11(13)2/h4-7,10,15H,3,8-9H2,1-2H3,(H,16,17). The Labute approximate surface area is 102 Å². The molecule has 0 aliphatic carbocycles. The molecule has 2 N–H and O–H groups in total. The van der Waals surface area contributed by atoms with Crippen LogP contribution in [0.25, 0.3) is 11.4 Å². The molecule has 0 saturated heterocycles. The van der Waals surface area contributed by atoms with Crippen LogP contribution in [-0.2, 0) is 6.54 Å². The van der Waals surface area contributed by atoms with Crippen molar-refractivity contribution in [1.82, 2.24) is 15.3 Å². The topological polar surface area (TPSA) is 40.7 Å². The van der Waals surface area contributed by atoms with Crippen LogP contribution in [0.3, 0.4) is 0 Å². The molecule has 0 aliphatic rings. The molecular formula is C14H19N3. The zero-order valence-electron chi connectivity index (χ0n) is 10.5. The van der Waals surface area contributed by atoms with Crippen molar-refractivity contribution < 1.29 is 0 Å². The van der Waals surface area contributed by atoms with Crippen molar-refractivity contribution in [2.45, 2.75) is 26.8 Å². The number of benzene rings is 1. The first-order valence-corrected chi connectivity index (χ1v) is 6.12. The quantitative estimate of drug-likeness (QED) is 0.774. The van der Waals surface area contributed by atoms with Gasteiger partial charge < -0.3 is 10.3 Å². The van der Waals surface area contributed by atoms with Gasteiger partial charge >= 0.3 is 0 Å². The summed E-state index contributed by atoms with van der Waals surface area (Å²) in [6.45, 7) is 6.16. The first-order chi connectivity index (χ1) is 8.31. The molecule has 1 aromatic carbocycles. The lowest BCUT2D eigenvalue weighted by atomic mass is 10.1. The van der Waals surface area contributed by atoms with Crippen LogP contribution in [-0.4, -0.2) is 16.5 Å². The van der Waals surface area contributed by atoms with Gasteiger partial charge in [-0.1, -0.05) is 31.2 Å². The number of aromatic amines is 1. The maximum Gasteiger partial charge on any atom is 0.137 e. The van der Waals surface area contributed by atoms with Crippen LogP contribution < -0.4 is 5.32 Å². The molecule has 90 valence electrons. The van der Waals surface area contributed by atoms with E-state index in [1.807, 2.05) is 18.3 Å². The summed E-state index contributed by atoms with van der Waals surface area (Å²) >= 11 is 0. The summed E-state index contributed by atoms with van der Waals surface area (Å²) in [5, 5.41) is 3.36. The van der Waals surface area contributed by atoms with E-state index in [2.05, 4.69) is 41.3 Å². The molecule has 0 radical (unpaired) electrons. The molecule has 2 aromatic rings. The van der Waals surface area contributed by atoms with Gasteiger partial charge in [0.2, 0.25) is 0 Å². The van der Waals surface area contributed by atoms with Crippen molar-refractivity contribution in [3.63, 3.8) is 0 Å². The SMILES string of the molecule is CCCNCc1cnc(-c2ccccc2C)[nH]1. The molecule has 0 amide bonds. The Morgan fingerprint density at radius 2 is 2.12 bits per heavy atom. The van der Waals surface area contributed by atoms with Gasteiger partial charge in [-0.25, -0.2) is 4.98 Å². The molecule has 2 rings (SSSR count). The summed E-state index contributed by atoms with van der Waals surface area (Å²) < 4.78 is 0. The van der Waals surface area contributed by atoms with Crippen LogP contribution in [0, 0.1) is 6.92 Å². The van der Waals surface area contributed by atoms with Crippen LogP contribution in [0.15, 0.2) is 30.5 Å². The van der Waals surface area contributed by atoms with Crippen molar-refractivity contribution in [2.24, 2.45) is 0 Å². The molecular weight excluding hydrogens is 210 g/mol. The summed E-state index contributed by atoms with van der Waals surface area (Å²) in [4.78, 5) is 7.79. The van der Waals surface area contributed by atoms with Crippen LogP contribution in [0.5, 0.6) is 0 Å². The Kier molecular flexibility index (Phi) is 3.94. The predicted octanol–water partition coefficient (Wildman–Crippen LogP) is 2.88. The third-order valence-electron chi connectivity index (χ3n) is 2.77. The maximum absolute atomic E-state index is 4.43. The number of hydrogen-bond acceptors (Lipinski definition) is 2. The number of aryl methyl sites for hydroxylation is 1. The van der Waals surface area contributed by atoms with E-state index in [0.717, 1.165) is 31.0 Å². The number of rotatable bonds is 5. The van der Waals surface area contributed by atoms with Gasteiger partial charge in [-0.2, -0.15) is 0 Å². The molecule has 0 aliphatic heterocycles. The highest BCUT2D eigenvalue weighted by Gasteiger charge is 2.05. The molecule has 0 unspecified atom stereocenters. The molecule has 1 aromatic heterocycles. The Bertz CT molecular complexity index is 474. The third kappa shape index (κ3) is 2.94. The minimum atomic E-state index is 0.854. The van der Waals surface area contributed by atoms with Gasteiger partial charge in [0.25, 0.3) is 0 Å². The second-order valence-electron chi connectivity index (χ2n) is 4.25. The predicted molar refractivity (Wildman–Crippen MR) is 70.8 cm³/mol. The second kappa shape index (κ2) is 5.64. The van der Waals surface area contributed by atoms with Gasteiger partial charge in [0.15, 0.2) is 0 Å². The Balaban J connectivity index is 2.10. The highest BCUT2D eigenvalue weighted by Crippen LogP contribution is 2.19. The van der Waals surface area contributed by atoms with Crippen molar-refractivity contribution in [3.05, 3.63) is 41.7 Å². The lowest BCUT2D eigenvalue weighted by Crippen LogP contribution is -2.13. The molecule has 0 spiro atoms. The average Bonchev–Trinajstić information content (AvgIpc) is 2.79. The van der Waals surface area contributed by atoms with E-state index < -0.39 is 0 Å². The Hall–Kier alpha value is -1.61. The number of nitrogens with one attached hydrogen (secondary N) is 2. The minimum absolute atomic E-state index is 0.854. The van der Waals surface area contributed by atoms with E-state index in [1.54, 1.807) is 0 Å². The Morgan fingerprint density at radius 3 is 2.88 bits per heavy atom. The van der Waals surface area contributed by atoms with Crippen molar-refractivity contribution in [3.8, 4) is 11.4 Å². The van der Waals surface area contributed by atoms with Gasteiger partial charge in [0, 0.05) is 24.0 Å². The maximum atomic E-state index is 4.43. The van der Waals surface area contributed by atoms with Crippen molar-refractivity contribution in [2.75, 3.05) is 6.54 Å². The van der Waals surface area contributed by atoms with Crippen LogP contribution >= 0.6 is 0 Å². The van der Waals surface area contributed by atoms with E-state index in [0.29, 0.717) is 0 Å². The zero-order valence-corrected chi connectivity index (χ0v) is 10.5. The molecule has 3 nitrogen and oxygen atoms in total. The zero-order chi connectivity index (χ0) is 12.1. The molecule has 0 saturated carbocycles. The molecule has 0 bridgehead atoms. The molecule has 0 fully saturated rings. The third-order valence-corrected chi connectivity index (χ3v) is 2.77.